The lowest BCUT2D eigenvalue weighted by Gasteiger charge is -2.24. The van der Waals surface area contributed by atoms with E-state index in [-0.39, 0.29) is 13.2 Å². The molecule has 9 nitrogen and oxygen atoms in total. The van der Waals surface area contributed by atoms with Gasteiger partial charge in [-0.15, -0.1) is 0 Å². The van der Waals surface area contributed by atoms with Gasteiger partial charge in [0.25, 0.3) is 0 Å². The van der Waals surface area contributed by atoms with Gasteiger partial charge in [0, 0.05) is 37.4 Å². The Morgan fingerprint density at radius 3 is 2.00 bits per heavy atom. The smallest absolute Gasteiger partial charge is 0.431 e. The Balaban J connectivity index is 1.70. The Bertz CT molecular complexity index is 2230. The fourth-order valence-corrected chi connectivity index (χ4v) is 4.99. The van der Waals surface area contributed by atoms with E-state index in [4.69, 9.17) is 38.8 Å². The van der Waals surface area contributed by atoms with Gasteiger partial charge in [0.2, 0.25) is 0 Å². The number of hydrogen-bond acceptors (Lipinski definition) is 8. The quantitative estimate of drug-likeness (QED) is 0.0548. The number of rotatable bonds is 14. The summed E-state index contributed by atoms with van der Waals surface area (Å²) in [4.78, 5) is 22.5. The standard InChI is InChI=1S/C43H33BNO8PS/c1-3-4-5-6-7-8-9-10-11-12-13-14-15-16-17-18-19-22-28-33-40(55)45-34-29-23-20-21-27-32-38-41(53-54(47,48)49-2)39(52-42(38)44)36-51-43(46)50-35-37-30-25-24-26-31-37/h21,24-27,30-31,38-39,41-42H,20,23,29,32,34-36H2,1-2H3,(H,45,55)(H,47,48)/b27-21+/t38?,39-,41-,42-/m1/s1. The molecule has 0 bridgehead atoms. The average Bonchev–Trinajstić information content (AvgIpc) is 3.47. The van der Waals surface area contributed by atoms with Crippen LogP contribution in [0.5, 0.6) is 0 Å². The van der Waals surface area contributed by atoms with Gasteiger partial charge < -0.3 is 24.4 Å². The summed E-state index contributed by atoms with van der Waals surface area (Å²) in [5.41, 5.74) is 0.786. The number of nitrogens with one attached hydrogen (secondary N) is 1. The Morgan fingerprint density at radius 2 is 1.44 bits per heavy atom. The lowest BCUT2D eigenvalue weighted by atomic mass is 9.82. The van der Waals surface area contributed by atoms with Crippen LogP contribution in [-0.4, -0.2) is 62.4 Å². The number of benzene rings is 1. The molecule has 1 aromatic carbocycles. The predicted octanol–water partition coefficient (Wildman–Crippen LogP) is 4.07. The molecule has 1 heterocycles. The maximum Gasteiger partial charge on any atom is 0.508 e. The number of unbranched alkanes of at least 4 members (excludes halogenated alkanes) is 2. The van der Waals surface area contributed by atoms with E-state index in [1.165, 1.54) is 0 Å². The number of phosphoric acid groups is 1. The van der Waals surface area contributed by atoms with E-state index < -0.39 is 38.1 Å². The molecule has 5 atom stereocenters. The molecule has 1 aromatic rings. The van der Waals surface area contributed by atoms with Crippen molar-refractivity contribution in [3.63, 3.8) is 0 Å². The zero-order chi connectivity index (χ0) is 39.8. The van der Waals surface area contributed by atoms with Gasteiger partial charge in [-0.05, 0) is 139 Å². The molecule has 1 aliphatic heterocycles. The summed E-state index contributed by atoms with van der Waals surface area (Å²) in [6, 6.07) is 8.24. The molecule has 0 saturated carbocycles. The summed E-state index contributed by atoms with van der Waals surface area (Å²) in [7, 11) is 2.83. The molecule has 0 amide bonds. The van der Waals surface area contributed by atoms with Crippen LogP contribution < -0.4 is 5.32 Å². The molecule has 55 heavy (non-hydrogen) atoms. The van der Waals surface area contributed by atoms with Crippen LogP contribution in [0.15, 0.2) is 42.5 Å². The first-order valence-electron chi connectivity index (χ1n) is 16.4. The van der Waals surface area contributed by atoms with Crippen LogP contribution >= 0.6 is 20.0 Å². The number of thiocarbonyl (C=S) groups is 1. The Labute approximate surface area is 330 Å². The highest BCUT2D eigenvalue weighted by Crippen LogP contribution is 2.48. The summed E-state index contributed by atoms with van der Waals surface area (Å²) < 4.78 is 38.3. The highest BCUT2D eigenvalue weighted by molar-refractivity contribution is 7.80. The zero-order valence-electron chi connectivity index (χ0n) is 30.0. The van der Waals surface area contributed by atoms with Gasteiger partial charge in [0.15, 0.2) is 4.99 Å². The van der Waals surface area contributed by atoms with E-state index in [2.05, 4.69) is 128 Å². The normalized spacial score (nSPS) is 16.5. The number of ether oxygens (including phenoxy) is 3. The maximum atomic E-state index is 12.3. The minimum absolute atomic E-state index is 0.0211. The Morgan fingerprint density at radius 1 is 0.873 bits per heavy atom. The average molecular weight is 766 g/mol. The van der Waals surface area contributed by atoms with E-state index in [1.54, 1.807) is 19.1 Å². The van der Waals surface area contributed by atoms with E-state index >= 15 is 0 Å². The van der Waals surface area contributed by atoms with Gasteiger partial charge in [0.05, 0.1) is 0 Å². The van der Waals surface area contributed by atoms with Crippen LogP contribution in [0, 0.1) is 124 Å². The number of carbonyl (C=O) groups excluding carboxylic acids is 1. The largest absolute Gasteiger partial charge is 0.508 e. The van der Waals surface area contributed by atoms with Gasteiger partial charge in [-0.3, -0.25) is 9.05 Å². The minimum Gasteiger partial charge on any atom is -0.431 e. The fraction of sp³-hybridized carbons (Fsp3) is 0.302. The number of carbonyl (C=O) groups is 1. The maximum absolute atomic E-state index is 12.3. The van der Waals surface area contributed by atoms with Crippen LogP contribution in [0.2, 0.25) is 0 Å². The molecule has 12 heteroatoms. The first-order valence-corrected chi connectivity index (χ1v) is 18.3. The lowest BCUT2D eigenvalue weighted by molar-refractivity contribution is -0.0303. The highest BCUT2D eigenvalue weighted by Gasteiger charge is 2.46. The van der Waals surface area contributed by atoms with Gasteiger partial charge >= 0.3 is 14.0 Å². The zero-order valence-corrected chi connectivity index (χ0v) is 31.7. The summed E-state index contributed by atoms with van der Waals surface area (Å²) in [6.45, 7) is 2.03. The Kier molecular flexibility index (Phi) is 23.2. The third kappa shape index (κ3) is 21.9. The summed E-state index contributed by atoms with van der Waals surface area (Å²) in [5, 5.41) is 3.06. The minimum atomic E-state index is -4.41. The second-order valence-corrected chi connectivity index (χ2v) is 12.4. The molecule has 0 spiro atoms. The molecule has 0 aromatic heterocycles. The fourth-order valence-electron chi connectivity index (χ4n) is 4.15. The molecule has 0 aliphatic carbocycles. The lowest BCUT2D eigenvalue weighted by Crippen LogP contribution is -2.34. The van der Waals surface area contributed by atoms with Crippen LogP contribution in [0.1, 0.15) is 38.2 Å². The second kappa shape index (κ2) is 28.4. The second-order valence-electron chi connectivity index (χ2n) is 10.4. The molecule has 2 N–H and O–H groups in total. The number of phosphoric ester groups is 1. The molecular formula is C43H33BNO8PS. The van der Waals surface area contributed by atoms with Gasteiger partial charge in [0.1, 0.15) is 33.3 Å². The van der Waals surface area contributed by atoms with Gasteiger partial charge in [-0.25, -0.2) is 9.36 Å². The number of allylic oxidation sites excluding steroid dienone is 2. The van der Waals surface area contributed by atoms with Crippen LogP contribution in [0.3, 0.4) is 0 Å². The van der Waals surface area contributed by atoms with Crippen molar-refractivity contribution in [1.82, 2.24) is 5.32 Å². The topological polar surface area (TPSA) is 113 Å². The van der Waals surface area contributed by atoms with Crippen LogP contribution in [-0.2, 0) is 34.4 Å². The van der Waals surface area contributed by atoms with E-state index in [0.29, 0.717) is 18.0 Å². The molecule has 2 radical (unpaired) electrons. The summed E-state index contributed by atoms with van der Waals surface area (Å²) in [6.07, 6.45) is 3.85. The summed E-state index contributed by atoms with van der Waals surface area (Å²) >= 11 is 5.21. The van der Waals surface area contributed by atoms with Crippen molar-refractivity contribution < 1.29 is 37.5 Å². The molecule has 2 rings (SSSR count). The molecule has 2 unspecified atom stereocenters. The first kappa shape index (κ1) is 45.0. The molecule has 1 saturated heterocycles. The third-order valence-electron chi connectivity index (χ3n) is 6.61. The van der Waals surface area contributed by atoms with E-state index in [9.17, 15) is 14.3 Å². The molecule has 1 aliphatic rings. The third-order valence-corrected chi connectivity index (χ3v) is 7.83. The Hall–Kier alpha value is -6.15. The highest BCUT2D eigenvalue weighted by atomic mass is 32.1. The van der Waals surface area contributed by atoms with Crippen molar-refractivity contribution in [1.29, 1.82) is 0 Å². The molecule has 1 fully saturated rings. The van der Waals surface area contributed by atoms with Crippen molar-refractivity contribution in [2.24, 2.45) is 5.92 Å². The number of hydrogen-bond donors (Lipinski definition) is 2. The first-order chi connectivity index (χ1) is 26.8. The monoisotopic (exact) mass is 765 g/mol. The van der Waals surface area contributed by atoms with Crippen LogP contribution in [0.25, 0.3) is 0 Å². The summed E-state index contributed by atoms with van der Waals surface area (Å²) in [5.74, 6) is 50.5. The van der Waals surface area contributed by atoms with Crippen molar-refractivity contribution in [3.05, 3.63) is 48.0 Å². The van der Waals surface area contributed by atoms with Gasteiger partial charge in [-0.1, -0.05) is 60.6 Å². The molecular weight excluding hydrogens is 732 g/mol. The van der Waals surface area contributed by atoms with E-state index in [0.717, 1.165) is 31.9 Å². The SMILES string of the molecule is [B][C@@H]1O[C@H](COC(=O)OCc2ccccc2)[C@H](OP(=O)(O)OC)C1C/C=C/CCCCNC(=S)C#CC#CC#CC#CC#CC#CC#CC#CC#CC#CC. The van der Waals surface area contributed by atoms with E-state index in [1.807, 2.05) is 30.4 Å². The molecule has 272 valence electrons. The predicted molar refractivity (Wildman–Crippen MR) is 214 cm³/mol. The van der Waals surface area contributed by atoms with Crippen molar-refractivity contribution >= 4 is 39.0 Å². The van der Waals surface area contributed by atoms with Gasteiger partial charge in [-0.2, -0.15) is 0 Å². The van der Waals surface area contributed by atoms with Crippen molar-refractivity contribution in [3.8, 4) is 118 Å². The van der Waals surface area contributed by atoms with Crippen LogP contribution in [0.4, 0.5) is 4.79 Å². The van der Waals surface area contributed by atoms with Crippen molar-refractivity contribution in [2.75, 3.05) is 20.3 Å². The van der Waals surface area contributed by atoms with Crippen molar-refractivity contribution in [2.45, 2.75) is 57.4 Å².